The Hall–Kier alpha value is -6.59. The molecule has 8 aromatic rings. The number of fused-ring (bicyclic) bond motifs is 3. The number of anilines is 2. The third-order valence-electron chi connectivity index (χ3n) is 11.4. The highest BCUT2D eigenvalue weighted by Crippen LogP contribution is 2.39. The summed E-state index contributed by atoms with van der Waals surface area (Å²) >= 11 is 0. The number of benzene rings is 6. The van der Waals surface area contributed by atoms with Gasteiger partial charge < -0.3 is 14.5 Å². The number of ether oxygens (including phenoxy) is 1. The summed E-state index contributed by atoms with van der Waals surface area (Å²) in [5.41, 5.74) is 11.4. The van der Waals surface area contributed by atoms with Gasteiger partial charge in [0.05, 0.1) is 17.7 Å². The molecule has 0 saturated carbocycles. The number of nitrogens with zero attached hydrogens (tertiary/aromatic N) is 4. The molecule has 0 aliphatic carbocycles. The van der Waals surface area contributed by atoms with E-state index in [0.29, 0.717) is 23.8 Å². The van der Waals surface area contributed by atoms with Gasteiger partial charge in [0.1, 0.15) is 17.3 Å². The van der Waals surface area contributed by atoms with Crippen molar-refractivity contribution in [2.24, 2.45) is 0 Å². The number of hydrogen-bond donors (Lipinski definition) is 0. The minimum Gasteiger partial charge on any atom is -0.457 e. The van der Waals surface area contributed by atoms with Crippen LogP contribution in [0.5, 0.6) is 11.5 Å². The van der Waals surface area contributed by atoms with Gasteiger partial charge in [-0.05, 0) is 124 Å². The zero-order valence-corrected chi connectivity index (χ0v) is 34.9. The molecule has 0 N–H and O–H groups in total. The normalized spacial score (nSPS) is 14.2. The maximum atomic E-state index is 8.54. The van der Waals surface area contributed by atoms with E-state index in [1.165, 1.54) is 16.7 Å². The van der Waals surface area contributed by atoms with E-state index in [0.717, 1.165) is 61.2 Å². The molecule has 9 rings (SSSR count). The summed E-state index contributed by atoms with van der Waals surface area (Å²) < 4.78 is 34.4. The Morgan fingerprint density at radius 1 is 0.559 bits per heavy atom. The highest BCUT2D eigenvalue weighted by Gasteiger charge is 2.22. The number of para-hydroxylation sites is 1. The van der Waals surface area contributed by atoms with Gasteiger partial charge in [-0.2, -0.15) is 0 Å². The average Bonchev–Trinajstić information content (AvgIpc) is 3.87. The van der Waals surface area contributed by atoms with Crippen molar-refractivity contribution in [1.82, 2.24) is 9.55 Å². The van der Waals surface area contributed by atoms with E-state index in [1.54, 1.807) is 6.20 Å². The average molecular weight is 776 g/mol. The van der Waals surface area contributed by atoms with Gasteiger partial charge in [-0.15, -0.1) is 0 Å². The minimum atomic E-state index is -2.30. The van der Waals surface area contributed by atoms with Crippen LogP contribution in [0, 0.1) is 13.8 Å². The van der Waals surface area contributed by atoms with Crippen LogP contribution in [0.4, 0.5) is 11.4 Å². The van der Waals surface area contributed by atoms with Crippen molar-refractivity contribution in [2.75, 3.05) is 16.5 Å². The summed E-state index contributed by atoms with van der Waals surface area (Å²) in [6.45, 7) is 13.5. The van der Waals surface area contributed by atoms with Gasteiger partial charge in [0, 0.05) is 57.0 Å². The molecule has 6 aromatic carbocycles. The Labute approximate surface area is 353 Å². The first-order valence-corrected chi connectivity index (χ1v) is 20.4. The third kappa shape index (κ3) is 7.38. The van der Waals surface area contributed by atoms with Gasteiger partial charge >= 0.3 is 0 Å². The second-order valence-electron chi connectivity index (χ2n) is 17.8. The maximum absolute atomic E-state index is 8.54. The Balaban J connectivity index is 1.03. The fraction of sp³-hybridized carbons (Fsp3) is 0.204. The molecule has 59 heavy (non-hydrogen) atoms. The lowest BCUT2D eigenvalue weighted by Gasteiger charge is -2.26. The number of rotatable bonds is 7. The molecule has 0 unspecified atom stereocenters. The molecule has 1 aliphatic heterocycles. The SMILES string of the molecule is [2H]C([2H])([2H])c1cc(C(C)(C)C)cc(C)c1-c1ccnc(-n2c3ccccc3c3ccc(Oc4cccc(N5C=CN(c6cc(-c7ccccc7)cc(C(C)(C)C)c6)C5)c4)cc32)c1. The first-order chi connectivity index (χ1) is 29.5. The Kier molecular flexibility index (Phi) is 8.56. The van der Waals surface area contributed by atoms with Crippen LogP contribution in [-0.4, -0.2) is 16.2 Å². The zero-order valence-electron chi connectivity index (χ0n) is 37.9. The highest BCUT2D eigenvalue weighted by atomic mass is 16.5. The Morgan fingerprint density at radius 3 is 2.03 bits per heavy atom. The van der Waals surface area contributed by atoms with Crippen LogP contribution in [0.25, 0.3) is 49.9 Å². The lowest BCUT2D eigenvalue weighted by molar-refractivity contribution is 0.483. The largest absolute Gasteiger partial charge is 0.457 e. The van der Waals surface area contributed by atoms with Crippen molar-refractivity contribution in [1.29, 1.82) is 0 Å². The molecule has 0 atom stereocenters. The maximum Gasteiger partial charge on any atom is 0.138 e. The second-order valence-corrected chi connectivity index (χ2v) is 17.8. The smallest absolute Gasteiger partial charge is 0.138 e. The van der Waals surface area contributed by atoms with E-state index in [2.05, 4.69) is 159 Å². The fourth-order valence-electron chi connectivity index (χ4n) is 8.18. The first-order valence-electron chi connectivity index (χ1n) is 21.9. The monoisotopic (exact) mass is 775 g/mol. The van der Waals surface area contributed by atoms with Gasteiger partial charge in [0.15, 0.2) is 0 Å². The van der Waals surface area contributed by atoms with Crippen LogP contribution in [0.2, 0.25) is 0 Å². The summed E-state index contributed by atoms with van der Waals surface area (Å²) in [5, 5.41) is 2.16. The van der Waals surface area contributed by atoms with E-state index >= 15 is 0 Å². The van der Waals surface area contributed by atoms with Crippen LogP contribution in [0.15, 0.2) is 158 Å². The number of hydrogen-bond acceptors (Lipinski definition) is 4. The standard InChI is InChI=1S/C54H52N4O/c1-36-27-41(53(3,4)5)28-37(2)52(36)39-23-24-55-51(31-39)58-49-20-13-12-19-47(49)48-22-21-46(34-50(48)58)59-45-18-14-17-43(33-45)56-25-26-57(35-56)44-30-40(38-15-10-9-11-16-38)29-42(32-44)54(6,7)8/h9-34H,35H2,1-8H3/i1D3. The molecule has 0 saturated heterocycles. The van der Waals surface area contributed by atoms with E-state index in [1.807, 2.05) is 55.5 Å². The molecule has 5 nitrogen and oxygen atoms in total. The molecule has 294 valence electrons. The fourth-order valence-corrected chi connectivity index (χ4v) is 8.18. The molecule has 3 heterocycles. The predicted octanol–water partition coefficient (Wildman–Crippen LogP) is 14.3. The van der Waals surface area contributed by atoms with Crippen LogP contribution in [0.1, 0.15) is 67.9 Å². The van der Waals surface area contributed by atoms with Gasteiger partial charge in [0.25, 0.3) is 0 Å². The predicted molar refractivity (Wildman–Crippen MR) is 248 cm³/mol. The molecule has 0 radical (unpaired) electrons. The molecule has 2 aromatic heterocycles. The molecule has 0 bridgehead atoms. The number of aromatic nitrogens is 2. The molecule has 0 amide bonds. The lowest BCUT2D eigenvalue weighted by atomic mass is 9.83. The highest BCUT2D eigenvalue weighted by molar-refractivity contribution is 6.09. The summed E-state index contributed by atoms with van der Waals surface area (Å²) in [6, 6.07) is 48.1. The van der Waals surface area contributed by atoms with Crippen LogP contribution >= 0.6 is 0 Å². The van der Waals surface area contributed by atoms with Crippen molar-refractivity contribution in [3.05, 3.63) is 180 Å². The van der Waals surface area contributed by atoms with Crippen molar-refractivity contribution in [2.45, 2.75) is 66.1 Å². The van der Waals surface area contributed by atoms with E-state index < -0.39 is 6.85 Å². The van der Waals surface area contributed by atoms with Gasteiger partial charge in [-0.3, -0.25) is 4.57 Å². The molecular weight excluding hydrogens is 721 g/mol. The van der Waals surface area contributed by atoms with Crippen molar-refractivity contribution < 1.29 is 8.85 Å². The summed E-state index contributed by atoms with van der Waals surface area (Å²) in [6.07, 6.45) is 6.04. The van der Waals surface area contributed by atoms with Crippen LogP contribution in [0.3, 0.4) is 0 Å². The Bertz CT molecular complexity index is 3010. The lowest BCUT2D eigenvalue weighted by Crippen LogP contribution is -2.25. The third-order valence-corrected chi connectivity index (χ3v) is 11.4. The quantitative estimate of drug-likeness (QED) is 0.161. The summed E-state index contributed by atoms with van der Waals surface area (Å²) in [5.74, 6) is 2.11. The van der Waals surface area contributed by atoms with Crippen molar-refractivity contribution >= 4 is 33.2 Å². The van der Waals surface area contributed by atoms with Crippen molar-refractivity contribution in [3.63, 3.8) is 0 Å². The zero-order chi connectivity index (χ0) is 43.6. The topological polar surface area (TPSA) is 33.5 Å². The minimum absolute atomic E-state index is 0.00425. The van der Waals surface area contributed by atoms with Crippen LogP contribution in [-0.2, 0) is 10.8 Å². The van der Waals surface area contributed by atoms with Crippen LogP contribution < -0.4 is 14.5 Å². The molecule has 0 spiro atoms. The van der Waals surface area contributed by atoms with E-state index in [9.17, 15) is 0 Å². The van der Waals surface area contributed by atoms with Crippen molar-refractivity contribution in [3.8, 4) is 39.6 Å². The summed E-state index contributed by atoms with van der Waals surface area (Å²) in [7, 11) is 0. The van der Waals surface area contributed by atoms with Gasteiger partial charge in [-0.25, -0.2) is 4.98 Å². The second kappa shape index (κ2) is 14.7. The van der Waals surface area contributed by atoms with Gasteiger partial charge in [-0.1, -0.05) is 114 Å². The number of aryl methyl sites for hydroxylation is 2. The Morgan fingerprint density at radius 2 is 1.25 bits per heavy atom. The first kappa shape index (κ1) is 34.5. The molecule has 5 heteroatoms. The van der Waals surface area contributed by atoms with E-state index in [4.69, 9.17) is 13.8 Å². The van der Waals surface area contributed by atoms with E-state index in [-0.39, 0.29) is 10.8 Å². The van der Waals surface area contributed by atoms with Gasteiger partial charge in [0.2, 0.25) is 0 Å². The number of pyridine rings is 1. The molecule has 1 aliphatic rings. The summed E-state index contributed by atoms with van der Waals surface area (Å²) in [4.78, 5) is 9.41. The molecule has 0 fully saturated rings. The molecular formula is C54H52N4O.